The van der Waals surface area contributed by atoms with Crippen LogP contribution in [0.3, 0.4) is 0 Å². The zero-order valence-corrected chi connectivity index (χ0v) is 12.5. The Hall–Kier alpha value is -0.570. The van der Waals surface area contributed by atoms with Gasteiger partial charge in [0, 0.05) is 12.0 Å². The van der Waals surface area contributed by atoms with Crippen molar-refractivity contribution < 1.29 is 14.6 Å². The van der Waals surface area contributed by atoms with Gasteiger partial charge in [0.15, 0.2) is 0 Å². The maximum Gasteiger partial charge on any atom is 0.308 e. The van der Waals surface area contributed by atoms with Crippen molar-refractivity contribution >= 4 is 5.97 Å². The number of ether oxygens (including phenoxy) is 1. The number of fused-ring (bicyclic) bond motifs is 2. The monoisotopic (exact) mass is 268 g/mol. The molecule has 1 N–H and O–H groups in total. The van der Waals surface area contributed by atoms with E-state index in [4.69, 9.17) is 9.84 Å². The molecule has 110 valence electrons. The normalized spacial score (nSPS) is 38.4. The summed E-state index contributed by atoms with van der Waals surface area (Å²) >= 11 is 0. The molecule has 2 bridgehead atoms. The third-order valence-corrected chi connectivity index (χ3v) is 5.76. The van der Waals surface area contributed by atoms with Crippen molar-refractivity contribution in [2.24, 2.45) is 23.2 Å². The fraction of sp³-hybridized carbons (Fsp3) is 0.938. The number of unbranched alkanes of at least 4 members (excludes halogenated alkanes) is 1. The Bertz CT molecular complexity index is 328. The lowest BCUT2D eigenvalue weighted by atomic mass is 9.80. The second kappa shape index (κ2) is 5.82. The number of aliphatic hydroxyl groups is 1. The first-order valence-electron chi connectivity index (χ1n) is 7.80. The molecular weight excluding hydrogens is 240 g/mol. The zero-order chi connectivity index (χ0) is 14.0. The van der Waals surface area contributed by atoms with Crippen molar-refractivity contribution in [3.05, 3.63) is 0 Å². The molecule has 0 radical (unpaired) electrons. The second-order valence-corrected chi connectivity index (χ2v) is 6.87. The van der Waals surface area contributed by atoms with Crippen molar-refractivity contribution in [3.8, 4) is 0 Å². The molecule has 0 amide bonds. The van der Waals surface area contributed by atoms with Crippen LogP contribution in [0.25, 0.3) is 0 Å². The summed E-state index contributed by atoms with van der Waals surface area (Å²) in [5.74, 6) is 1.37. The summed E-state index contributed by atoms with van der Waals surface area (Å²) in [4.78, 5) is 12.1. The molecular formula is C16H28O3. The third kappa shape index (κ3) is 2.81. The Morgan fingerprint density at radius 1 is 1.47 bits per heavy atom. The number of carbonyl (C=O) groups excluding carboxylic acids is 1. The van der Waals surface area contributed by atoms with Crippen LogP contribution in [0.4, 0.5) is 0 Å². The van der Waals surface area contributed by atoms with Crippen molar-refractivity contribution in [1.29, 1.82) is 0 Å². The first kappa shape index (κ1) is 14.8. The van der Waals surface area contributed by atoms with E-state index in [0.717, 1.165) is 31.6 Å². The summed E-state index contributed by atoms with van der Waals surface area (Å²) in [6.07, 6.45) is 6.20. The third-order valence-electron chi connectivity index (χ3n) is 5.76. The van der Waals surface area contributed by atoms with Gasteiger partial charge < -0.3 is 9.84 Å². The van der Waals surface area contributed by atoms with Gasteiger partial charge in [-0.3, -0.25) is 4.79 Å². The Kier molecular flexibility index (Phi) is 4.54. The van der Waals surface area contributed by atoms with Crippen LogP contribution in [0.15, 0.2) is 0 Å². The first-order valence-corrected chi connectivity index (χ1v) is 7.80. The number of rotatable bonds is 6. The molecule has 0 spiro atoms. The second-order valence-electron chi connectivity index (χ2n) is 6.87. The highest BCUT2D eigenvalue weighted by atomic mass is 16.5. The summed E-state index contributed by atoms with van der Waals surface area (Å²) in [5, 5.41) is 8.77. The Morgan fingerprint density at radius 3 is 2.74 bits per heavy atom. The number of aliphatic hydroxyl groups excluding tert-OH is 1. The summed E-state index contributed by atoms with van der Waals surface area (Å²) in [7, 11) is 0. The van der Waals surface area contributed by atoms with E-state index in [-0.39, 0.29) is 30.0 Å². The summed E-state index contributed by atoms with van der Waals surface area (Å²) in [6, 6.07) is 0. The number of esters is 1. The molecule has 19 heavy (non-hydrogen) atoms. The van der Waals surface area contributed by atoms with Crippen LogP contribution in [0, 0.1) is 23.2 Å². The van der Waals surface area contributed by atoms with Gasteiger partial charge in [-0.05, 0) is 43.9 Å². The van der Waals surface area contributed by atoms with Crippen LogP contribution in [0.2, 0.25) is 0 Å². The lowest BCUT2D eigenvalue weighted by Crippen LogP contribution is -2.35. The summed E-state index contributed by atoms with van der Waals surface area (Å²) < 4.78 is 5.81. The van der Waals surface area contributed by atoms with Gasteiger partial charge in [0.05, 0.1) is 5.92 Å². The lowest BCUT2D eigenvalue weighted by Gasteiger charge is -2.33. The van der Waals surface area contributed by atoms with E-state index in [9.17, 15) is 4.79 Å². The Balaban J connectivity index is 1.83. The molecule has 3 nitrogen and oxygen atoms in total. The van der Waals surface area contributed by atoms with Gasteiger partial charge in [0.2, 0.25) is 0 Å². The molecule has 2 rings (SSSR count). The van der Waals surface area contributed by atoms with E-state index in [1.165, 1.54) is 12.8 Å². The smallest absolute Gasteiger partial charge is 0.308 e. The molecule has 0 saturated heterocycles. The lowest BCUT2D eigenvalue weighted by molar-refractivity contribution is -0.160. The number of hydrogen-bond donors (Lipinski definition) is 1. The fourth-order valence-electron chi connectivity index (χ4n) is 3.95. The maximum absolute atomic E-state index is 12.1. The van der Waals surface area contributed by atoms with Gasteiger partial charge in [0.25, 0.3) is 0 Å². The van der Waals surface area contributed by atoms with Crippen LogP contribution < -0.4 is 0 Å². The molecule has 0 aliphatic heterocycles. The van der Waals surface area contributed by atoms with E-state index in [2.05, 4.69) is 13.8 Å². The minimum Gasteiger partial charge on any atom is -0.462 e. The quantitative estimate of drug-likeness (QED) is 0.594. The highest BCUT2D eigenvalue weighted by Gasteiger charge is 2.56. The predicted molar refractivity (Wildman–Crippen MR) is 74.6 cm³/mol. The van der Waals surface area contributed by atoms with Crippen molar-refractivity contribution in [1.82, 2.24) is 0 Å². The van der Waals surface area contributed by atoms with E-state index >= 15 is 0 Å². The summed E-state index contributed by atoms with van der Waals surface area (Å²) in [6.45, 7) is 6.76. The van der Waals surface area contributed by atoms with E-state index < -0.39 is 0 Å². The standard InChI is InChI=1S/C16H28O3/c1-11(6-4-5-9-17)15(18)19-14-10-13-7-8-16(14,3)12(13)2/h11-14,17H,4-10H2,1-3H3. The van der Waals surface area contributed by atoms with Crippen molar-refractivity contribution in [3.63, 3.8) is 0 Å². The fourth-order valence-corrected chi connectivity index (χ4v) is 3.95. The molecule has 2 aliphatic carbocycles. The largest absolute Gasteiger partial charge is 0.462 e. The highest BCUT2D eigenvalue weighted by Crippen LogP contribution is 2.59. The SMILES string of the molecule is CC(CCCCO)C(=O)OC1CC2CCC1(C)C2C. The van der Waals surface area contributed by atoms with Crippen LogP contribution >= 0.6 is 0 Å². The average Bonchev–Trinajstić information content (AvgIpc) is 2.78. The molecule has 0 aromatic heterocycles. The summed E-state index contributed by atoms with van der Waals surface area (Å²) in [5.41, 5.74) is 0.213. The van der Waals surface area contributed by atoms with Crippen LogP contribution in [0.5, 0.6) is 0 Å². The Morgan fingerprint density at radius 2 is 2.21 bits per heavy atom. The van der Waals surface area contributed by atoms with Gasteiger partial charge in [0.1, 0.15) is 6.10 Å². The molecule has 0 aromatic carbocycles. The first-order chi connectivity index (χ1) is 8.99. The van der Waals surface area contributed by atoms with Crippen LogP contribution in [0.1, 0.15) is 59.3 Å². The van der Waals surface area contributed by atoms with Crippen LogP contribution in [-0.2, 0) is 9.53 Å². The number of carbonyl (C=O) groups is 1. The molecule has 2 saturated carbocycles. The van der Waals surface area contributed by atoms with Gasteiger partial charge in [-0.25, -0.2) is 0 Å². The molecule has 5 unspecified atom stereocenters. The Labute approximate surface area is 116 Å². The van der Waals surface area contributed by atoms with Gasteiger partial charge in [-0.15, -0.1) is 0 Å². The molecule has 2 fully saturated rings. The van der Waals surface area contributed by atoms with Gasteiger partial charge in [-0.1, -0.05) is 27.2 Å². The van der Waals surface area contributed by atoms with Crippen LogP contribution in [-0.4, -0.2) is 23.8 Å². The van der Waals surface area contributed by atoms with E-state index in [1.54, 1.807) is 0 Å². The van der Waals surface area contributed by atoms with Crippen molar-refractivity contribution in [2.75, 3.05) is 6.61 Å². The topological polar surface area (TPSA) is 46.5 Å². The maximum atomic E-state index is 12.1. The van der Waals surface area contributed by atoms with Gasteiger partial charge >= 0.3 is 5.97 Å². The molecule has 0 heterocycles. The molecule has 5 atom stereocenters. The molecule has 0 aromatic rings. The predicted octanol–water partition coefficient (Wildman–Crippen LogP) is 3.15. The minimum absolute atomic E-state index is 0.0374. The zero-order valence-electron chi connectivity index (χ0n) is 12.5. The molecule has 3 heteroatoms. The minimum atomic E-state index is -0.0380. The number of hydrogen-bond acceptors (Lipinski definition) is 3. The van der Waals surface area contributed by atoms with E-state index in [1.807, 2.05) is 6.92 Å². The van der Waals surface area contributed by atoms with Crippen molar-refractivity contribution in [2.45, 2.75) is 65.4 Å². The van der Waals surface area contributed by atoms with E-state index in [0.29, 0.717) is 5.92 Å². The molecule has 2 aliphatic rings. The average molecular weight is 268 g/mol. The van der Waals surface area contributed by atoms with Gasteiger partial charge in [-0.2, -0.15) is 0 Å². The highest BCUT2D eigenvalue weighted by molar-refractivity contribution is 5.72.